The number of methoxy groups -OCH3 is 1. The number of hydrogen-bond acceptors (Lipinski definition) is 5. The SMILES string of the molecule is COCCNC(=O)[C@H]1CCC[C@H]1C(=O)Nc1csc(-c2ccc(Cl)c(Cl)c2)n1. The second-order valence-corrected chi connectivity index (χ2v) is 8.26. The number of carbonyl (C=O) groups is 2. The van der Waals surface area contributed by atoms with Gasteiger partial charge in [-0.1, -0.05) is 35.7 Å². The zero-order valence-electron chi connectivity index (χ0n) is 15.3. The van der Waals surface area contributed by atoms with Crippen LogP contribution in [0.4, 0.5) is 5.82 Å². The molecule has 1 saturated carbocycles. The molecule has 3 rings (SSSR count). The van der Waals surface area contributed by atoms with E-state index in [9.17, 15) is 9.59 Å². The number of hydrogen-bond donors (Lipinski definition) is 2. The molecule has 2 aromatic rings. The summed E-state index contributed by atoms with van der Waals surface area (Å²) in [5.41, 5.74) is 0.830. The van der Waals surface area contributed by atoms with Crippen molar-refractivity contribution in [3.63, 3.8) is 0 Å². The highest BCUT2D eigenvalue weighted by molar-refractivity contribution is 7.13. The molecular formula is C19H21Cl2N3O3S. The van der Waals surface area contributed by atoms with Crippen LogP contribution in [0.2, 0.25) is 10.0 Å². The summed E-state index contributed by atoms with van der Waals surface area (Å²) in [5.74, 6) is -0.455. The van der Waals surface area contributed by atoms with Crippen LogP contribution in [-0.2, 0) is 14.3 Å². The number of nitrogens with one attached hydrogen (secondary N) is 2. The zero-order chi connectivity index (χ0) is 20.1. The third kappa shape index (κ3) is 5.03. The van der Waals surface area contributed by atoms with Gasteiger partial charge >= 0.3 is 0 Å². The molecule has 6 nitrogen and oxygen atoms in total. The standard InChI is InChI=1S/C19H21Cl2N3O3S/c1-27-8-7-22-17(25)12-3-2-4-13(12)18(26)23-16-10-28-19(24-16)11-5-6-14(20)15(21)9-11/h5-6,9-10,12-13H,2-4,7-8H2,1H3,(H,22,25)(H,23,26)/t12-,13+/m0/s1. The Morgan fingerprint density at radius 1 is 1.21 bits per heavy atom. The van der Waals surface area contributed by atoms with Gasteiger partial charge in [-0.3, -0.25) is 9.59 Å². The van der Waals surface area contributed by atoms with Gasteiger partial charge in [0.1, 0.15) is 10.8 Å². The van der Waals surface area contributed by atoms with Crippen molar-refractivity contribution in [2.75, 3.05) is 25.6 Å². The lowest BCUT2D eigenvalue weighted by Gasteiger charge is -2.18. The van der Waals surface area contributed by atoms with Crippen molar-refractivity contribution in [2.45, 2.75) is 19.3 Å². The highest BCUT2D eigenvalue weighted by Gasteiger charge is 2.37. The number of carbonyl (C=O) groups excluding carboxylic acids is 2. The van der Waals surface area contributed by atoms with Crippen molar-refractivity contribution in [3.05, 3.63) is 33.6 Å². The summed E-state index contributed by atoms with van der Waals surface area (Å²) >= 11 is 13.4. The molecule has 2 N–H and O–H groups in total. The molecule has 0 saturated heterocycles. The topological polar surface area (TPSA) is 80.3 Å². The van der Waals surface area contributed by atoms with Gasteiger partial charge in [0.25, 0.3) is 0 Å². The van der Waals surface area contributed by atoms with E-state index >= 15 is 0 Å². The first-order valence-electron chi connectivity index (χ1n) is 8.98. The van der Waals surface area contributed by atoms with E-state index < -0.39 is 0 Å². The van der Waals surface area contributed by atoms with E-state index in [-0.39, 0.29) is 23.7 Å². The van der Waals surface area contributed by atoms with Crippen LogP contribution in [0.25, 0.3) is 10.6 Å². The largest absolute Gasteiger partial charge is 0.383 e. The van der Waals surface area contributed by atoms with Gasteiger partial charge in [0.15, 0.2) is 0 Å². The maximum atomic E-state index is 12.7. The first-order valence-corrected chi connectivity index (χ1v) is 10.6. The highest BCUT2D eigenvalue weighted by Crippen LogP contribution is 2.34. The van der Waals surface area contributed by atoms with Crippen LogP contribution in [0.1, 0.15) is 19.3 Å². The number of aromatic nitrogens is 1. The third-order valence-electron chi connectivity index (χ3n) is 4.72. The van der Waals surface area contributed by atoms with E-state index in [2.05, 4.69) is 15.6 Å². The molecular weight excluding hydrogens is 421 g/mol. The second kappa shape index (κ2) is 9.69. The van der Waals surface area contributed by atoms with Crippen LogP contribution >= 0.6 is 34.5 Å². The molecule has 0 radical (unpaired) electrons. The van der Waals surface area contributed by atoms with Crippen LogP contribution in [-0.4, -0.2) is 37.1 Å². The van der Waals surface area contributed by atoms with Crippen molar-refractivity contribution >= 4 is 52.2 Å². The monoisotopic (exact) mass is 441 g/mol. The number of ether oxygens (including phenoxy) is 1. The number of nitrogens with zero attached hydrogens (tertiary/aromatic N) is 1. The Morgan fingerprint density at radius 3 is 2.68 bits per heavy atom. The zero-order valence-corrected chi connectivity index (χ0v) is 17.7. The van der Waals surface area contributed by atoms with Gasteiger partial charge in [0, 0.05) is 36.4 Å². The van der Waals surface area contributed by atoms with Crippen LogP contribution in [0.15, 0.2) is 23.6 Å². The lowest BCUT2D eigenvalue weighted by molar-refractivity contribution is -0.131. The molecule has 0 unspecified atom stereocenters. The predicted molar refractivity (Wildman–Crippen MR) is 112 cm³/mol. The van der Waals surface area contributed by atoms with E-state index in [1.165, 1.54) is 11.3 Å². The number of amides is 2. The molecule has 1 heterocycles. The summed E-state index contributed by atoms with van der Waals surface area (Å²) in [4.78, 5) is 29.5. The fourth-order valence-electron chi connectivity index (χ4n) is 3.31. The molecule has 1 aromatic heterocycles. The van der Waals surface area contributed by atoms with Crippen LogP contribution in [0.3, 0.4) is 0 Å². The summed E-state index contributed by atoms with van der Waals surface area (Å²) in [6.07, 6.45) is 2.26. The first-order chi connectivity index (χ1) is 13.5. The van der Waals surface area contributed by atoms with Gasteiger partial charge in [0.05, 0.1) is 16.7 Å². The van der Waals surface area contributed by atoms with Crippen molar-refractivity contribution < 1.29 is 14.3 Å². The minimum Gasteiger partial charge on any atom is -0.383 e. The van der Waals surface area contributed by atoms with Crippen molar-refractivity contribution in [1.29, 1.82) is 0 Å². The minimum atomic E-state index is -0.349. The fraction of sp³-hybridized carbons (Fsp3) is 0.421. The molecule has 2 atom stereocenters. The Hall–Kier alpha value is -1.67. The van der Waals surface area contributed by atoms with E-state index in [4.69, 9.17) is 27.9 Å². The summed E-state index contributed by atoms with van der Waals surface area (Å²) in [6, 6.07) is 5.28. The molecule has 150 valence electrons. The number of thiazole rings is 1. The molecule has 1 aliphatic carbocycles. The molecule has 0 spiro atoms. The molecule has 2 amide bonds. The van der Waals surface area contributed by atoms with E-state index in [0.717, 1.165) is 17.0 Å². The number of halogens is 2. The van der Waals surface area contributed by atoms with E-state index in [1.54, 1.807) is 24.6 Å². The van der Waals surface area contributed by atoms with Crippen molar-refractivity contribution in [3.8, 4) is 10.6 Å². The Balaban J connectivity index is 1.63. The van der Waals surface area contributed by atoms with Crippen LogP contribution < -0.4 is 10.6 Å². The average molecular weight is 442 g/mol. The molecule has 1 fully saturated rings. The Labute approximate surface area is 177 Å². The Kier molecular flexibility index (Phi) is 7.29. The van der Waals surface area contributed by atoms with Gasteiger partial charge in [-0.05, 0) is 25.0 Å². The summed E-state index contributed by atoms with van der Waals surface area (Å²) in [6.45, 7) is 0.894. The lowest BCUT2D eigenvalue weighted by Crippen LogP contribution is -2.38. The Bertz CT molecular complexity index is 859. The van der Waals surface area contributed by atoms with Crippen molar-refractivity contribution in [2.24, 2.45) is 11.8 Å². The molecule has 1 aliphatic rings. The third-order valence-corrected chi connectivity index (χ3v) is 6.35. The quantitative estimate of drug-likeness (QED) is 0.629. The number of rotatable bonds is 7. The summed E-state index contributed by atoms with van der Waals surface area (Å²) < 4.78 is 4.94. The number of benzene rings is 1. The van der Waals surface area contributed by atoms with E-state index in [1.807, 2.05) is 6.07 Å². The summed E-state index contributed by atoms with van der Waals surface area (Å²) in [5, 5.41) is 9.11. The van der Waals surface area contributed by atoms with Gasteiger partial charge in [0.2, 0.25) is 11.8 Å². The highest BCUT2D eigenvalue weighted by atomic mass is 35.5. The number of anilines is 1. The van der Waals surface area contributed by atoms with Crippen LogP contribution in [0.5, 0.6) is 0 Å². The minimum absolute atomic E-state index is 0.0931. The smallest absolute Gasteiger partial charge is 0.229 e. The second-order valence-electron chi connectivity index (χ2n) is 6.58. The fourth-order valence-corrected chi connectivity index (χ4v) is 4.35. The maximum Gasteiger partial charge on any atom is 0.229 e. The van der Waals surface area contributed by atoms with Gasteiger partial charge in [-0.25, -0.2) is 4.98 Å². The lowest BCUT2D eigenvalue weighted by atomic mass is 9.94. The molecule has 0 bridgehead atoms. The van der Waals surface area contributed by atoms with Crippen LogP contribution in [0, 0.1) is 11.8 Å². The predicted octanol–water partition coefficient (Wildman–Crippen LogP) is 4.23. The first kappa shape index (κ1) is 21.0. The molecule has 1 aromatic carbocycles. The Morgan fingerprint density at radius 2 is 1.96 bits per heavy atom. The average Bonchev–Trinajstić information content (AvgIpc) is 3.33. The van der Waals surface area contributed by atoms with Gasteiger partial charge in [-0.2, -0.15) is 0 Å². The van der Waals surface area contributed by atoms with E-state index in [0.29, 0.717) is 41.9 Å². The normalized spacial score (nSPS) is 18.8. The molecule has 9 heteroatoms. The maximum absolute atomic E-state index is 12.7. The summed E-state index contributed by atoms with van der Waals surface area (Å²) in [7, 11) is 1.58. The molecule has 0 aliphatic heterocycles. The molecule has 28 heavy (non-hydrogen) atoms. The van der Waals surface area contributed by atoms with Crippen molar-refractivity contribution in [1.82, 2.24) is 10.3 Å². The van der Waals surface area contributed by atoms with Gasteiger partial charge in [-0.15, -0.1) is 11.3 Å². The van der Waals surface area contributed by atoms with Gasteiger partial charge < -0.3 is 15.4 Å².